The molecule has 1 saturated heterocycles. The number of piperidine rings is 1. The van der Waals surface area contributed by atoms with E-state index in [1.165, 1.54) is 25.7 Å². The van der Waals surface area contributed by atoms with Crippen LogP contribution in [0.5, 0.6) is 0 Å². The van der Waals surface area contributed by atoms with E-state index >= 15 is 0 Å². The molecule has 1 aliphatic heterocycles. The molecule has 1 aromatic heterocycles. The molecule has 1 aliphatic carbocycles. The van der Waals surface area contributed by atoms with Gasteiger partial charge in [-0.15, -0.1) is 0 Å². The van der Waals surface area contributed by atoms with Crippen LogP contribution in [0.3, 0.4) is 0 Å². The first-order chi connectivity index (χ1) is 9.85. The van der Waals surface area contributed by atoms with Crippen LogP contribution in [-0.4, -0.2) is 42.9 Å². The number of anilines is 1. The van der Waals surface area contributed by atoms with E-state index in [0.29, 0.717) is 18.2 Å². The Morgan fingerprint density at radius 3 is 2.70 bits per heavy atom. The molecule has 2 aliphatic rings. The van der Waals surface area contributed by atoms with Crippen LogP contribution in [0.4, 0.5) is 5.82 Å². The van der Waals surface area contributed by atoms with Crippen molar-refractivity contribution in [3.63, 3.8) is 0 Å². The Bertz CT molecular complexity index is 397. The van der Waals surface area contributed by atoms with Gasteiger partial charge in [0.15, 0.2) is 0 Å². The molecule has 0 amide bonds. The zero-order chi connectivity index (χ0) is 13.8. The number of ether oxygens (including phenoxy) is 1. The average Bonchev–Trinajstić information content (AvgIpc) is 2.47. The summed E-state index contributed by atoms with van der Waals surface area (Å²) in [6.45, 7) is 5.14. The largest absolute Gasteiger partial charge is 0.378 e. The molecule has 0 atom stereocenters. The summed E-state index contributed by atoms with van der Waals surface area (Å²) in [5, 5.41) is 3.79. The lowest BCUT2D eigenvalue weighted by atomic mass is 9.87. The first-order valence-corrected chi connectivity index (χ1v) is 7.88. The molecular weight excluding hydrogens is 250 g/mol. The minimum absolute atomic E-state index is 0.506. The standard InChI is InChI=1S/C16H25N3O/c1-2-20-15-11-14(12-15)18-13-6-9-19(10-7-13)16-5-3-4-8-17-16/h3-5,8,13-15,18H,2,6-7,9-12H2,1H3. The summed E-state index contributed by atoms with van der Waals surface area (Å²) in [4.78, 5) is 6.83. The van der Waals surface area contributed by atoms with Crippen molar-refractivity contribution in [2.24, 2.45) is 0 Å². The summed E-state index contributed by atoms with van der Waals surface area (Å²) in [5.74, 6) is 1.12. The Morgan fingerprint density at radius 1 is 1.25 bits per heavy atom. The van der Waals surface area contributed by atoms with Crippen LogP contribution in [0.2, 0.25) is 0 Å². The highest BCUT2D eigenvalue weighted by atomic mass is 16.5. The maximum Gasteiger partial charge on any atom is 0.128 e. The molecule has 4 heteroatoms. The van der Waals surface area contributed by atoms with E-state index in [2.05, 4.69) is 34.3 Å². The Hall–Kier alpha value is -1.13. The van der Waals surface area contributed by atoms with Gasteiger partial charge < -0.3 is 15.0 Å². The Morgan fingerprint density at radius 2 is 2.05 bits per heavy atom. The number of nitrogens with zero attached hydrogens (tertiary/aromatic N) is 2. The van der Waals surface area contributed by atoms with Gasteiger partial charge in [-0.25, -0.2) is 4.98 Å². The molecule has 0 radical (unpaired) electrons. The van der Waals surface area contributed by atoms with Gasteiger partial charge in [0.05, 0.1) is 6.10 Å². The van der Waals surface area contributed by atoms with Crippen LogP contribution >= 0.6 is 0 Å². The molecule has 110 valence electrons. The maximum atomic E-state index is 5.62. The van der Waals surface area contributed by atoms with Crippen molar-refractivity contribution < 1.29 is 4.74 Å². The fourth-order valence-electron chi connectivity index (χ4n) is 3.22. The van der Waals surface area contributed by atoms with Crippen molar-refractivity contribution in [1.29, 1.82) is 0 Å². The predicted octanol–water partition coefficient (Wildman–Crippen LogP) is 2.21. The van der Waals surface area contributed by atoms with Crippen LogP contribution in [0.15, 0.2) is 24.4 Å². The molecule has 0 spiro atoms. The molecule has 2 heterocycles. The van der Waals surface area contributed by atoms with Crippen molar-refractivity contribution in [3.05, 3.63) is 24.4 Å². The summed E-state index contributed by atoms with van der Waals surface area (Å²) in [6.07, 6.45) is 7.19. The topological polar surface area (TPSA) is 37.4 Å². The minimum Gasteiger partial charge on any atom is -0.378 e. The zero-order valence-electron chi connectivity index (χ0n) is 12.3. The molecular formula is C16H25N3O. The van der Waals surface area contributed by atoms with Gasteiger partial charge >= 0.3 is 0 Å². The third-order valence-corrected chi connectivity index (χ3v) is 4.44. The lowest BCUT2D eigenvalue weighted by molar-refractivity contribution is -0.0130. The summed E-state index contributed by atoms with van der Waals surface area (Å²) < 4.78 is 5.62. The number of aromatic nitrogens is 1. The molecule has 1 N–H and O–H groups in total. The number of nitrogens with one attached hydrogen (secondary N) is 1. The third kappa shape index (κ3) is 3.30. The molecule has 0 bridgehead atoms. The monoisotopic (exact) mass is 275 g/mol. The van der Waals surface area contributed by atoms with E-state index in [1.54, 1.807) is 0 Å². The first kappa shape index (κ1) is 13.8. The fraction of sp³-hybridized carbons (Fsp3) is 0.688. The van der Waals surface area contributed by atoms with Crippen molar-refractivity contribution in [3.8, 4) is 0 Å². The second-order valence-corrected chi connectivity index (χ2v) is 5.86. The summed E-state index contributed by atoms with van der Waals surface area (Å²) in [7, 11) is 0. The molecule has 0 aromatic carbocycles. The van der Waals surface area contributed by atoms with Crippen LogP contribution in [0, 0.1) is 0 Å². The van der Waals surface area contributed by atoms with Crippen molar-refractivity contribution in [1.82, 2.24) is 10.3 Å². The molecule has 1 aromatic rings. The zero-order valence-corrected chi connectivity index (χ0v) is 12.3. The Kier molecular flexibility index (Phi) is 4.53. The van der Waals surface area contributed by atoms with Gasteiger partial charge in [-0.05, 0) is 44.7 Å². The summed E-state index contributed by atoms with van der Waals surface area (Å²) in [6, 6.07) is 7.49. The minimum atomic E-state index is 0.506. The smallest absolute Gasteiger partial charge is 0.128 e. The van der Waals surface area contributed by atoms with Gasteiger partial charge in [0.1, 0.15) is 5.82 Å². The third-order valence-electron chi connectivity index (χ3n) is 4.44. The van der Waals surface area contributed by atoms with Crippen molar-refractivity contribution >= 4 is 5.82 Å². The molecule has 20 heavy (non-hydrogen) atoms. The second kappa shape index (κ2) is 6.55. The van der Waals surface area contributed by atoms with Crippen LogP contribution in [0.1, 0.15) is 32.6 Å². The van der Waals surface area contributed by atoms with E-state index in [1.807, 2.05) is 12.3 Å². The normalized spacial score (nSPS) is 27.4. The first-order valence-electron chi connectivity index (χ1n) is 7.88. The van der Waals surface area contributed by atoms with Gasteiger partial charge in [0, 0.05) is 38.0 Å². The highest BCUT2D eigenvalue weighted by Crippen LogP contribution is 2.25. The molecule has 3 rings (SSSR count). The Balaban J connectivity index is 1.39. The van der Waals surface area contributed by atoms with E-state index in [0.717, 1.165) is 25.5 Å². The number of rotatable bonds is 5. The average molecular weight is 275 g/mol. The van der Waals surface area contributed by atoms with E-state index in [9.17, 15) is 0 Å². The predicted molar refractivity (Wildman–Crippen MR) is 81.0 cm³/mol. The SMILES string of the molecule is CCOC1CC(NC2CCN(c3ccccn3)CC2)C1. The van der Waals surface area contributed by atoms with E-state index < -0.39 is 0 Å². The van der Waals surface area contributed by atoms with Gasteiger partial charge in [-0.3, -0.25) is 0 Å². The fourth-order valence-corrected chi connectivity index (χ4v) is 3.22. The highest BCUT2D eigenvalue weighted by Gasteiger charge is 2.32. The van der Waals surface area contributed by atoms with Crippen molar-refractivity contribution in [2.45, 2.75) is 50.8 Å². The molecule has 0 unspecified atom stereocenters. The van der Waals surface area contributed by atoms with Gasteiger partial charge in [0.25, 0.3) is 0 Å². The number of hydrogen-bond donors (Lipinski definition) is 1. The van der Waals surface area contributed by atoms with E-state index in [-0.39, 0.29) is 0 Å². The van der Waals surface area contributed by atoms with Crippen LogP contribution in [0.25, 0.3) is 0 Å². The van der Waals surface area contributed by atoms with Crippen molar-refractivity contribution in [2.75, 3.05) is 24.6 Å². The lowest BCUT2D eigenvalue weighted by Gasteiger charge is -2.40. The van der Waals surface area contributed by atoms with Crippen LogP contribution in [-0.2, 0) is 4.74 Å². The quantitative estimate of drug-likeness (QED) is 0.894. The van der Waals surface area contributed by atoms with Gasteiger partial charge in [-0.1, -0.05) is 6.07 Å². The van der Waals surface area contributed by atoms with Gasteiger partial charge in [0.2, 0.25) is 0 Å². The highest BCUT2D eigenvalue weighted by molar-refractivity contribution is 5.38. The summed E-state index contributed by atoms with van der Waals surface area (Å²) in [5.41, 5.74) is 0. The number of hydrogen-bond acceptors (Lipinski definition) is 4. The van der Waals surface area contributed by atoms with Crippen LogP contribution < -0.4 is 10.2 Å². The summed E-state index contributed by atoms with van der Waals surface area (Å²) >= 11 is 0. The van der Waals surface area contributed by atoms with Gasteiger partial charge in [-0.2, -0.15) is 0 Å². The molecule has 1 saturated carbocycles. The molecule has 4 nitrogen and oxygen atoms in total. The molecule has 2 fully saturated rings. The number of pyridine rings is 1. The Labute approximate surface area is 121 Å². The van der Waals surface area contributed by atoms with E-state index in [4.69, 9.17) is 4.74 Å². The maximum absolute atomic E-state index is 5.62. The lowest BCUT2D eigenvalue weighted by Crippen LogP contribution is -2.52. The second-order valence-electron chi connectivity index (χ2n) is 5.86.